The average Bonchev–Trinajstić information content (AvgIpc) is 3.29. The predicted octanol–water partition coefficient (Wildman–Crippen LogP) is 7.54. The number of rotatable bonds is 6. The summed E-state index contributed by atoms with van der Waals surface area (Å²) < 4.78 is 19.6. The molecule has 0 fully saturated rings. The largest absolute Gasteiger partial charge is 0.493 e. The molecule has 0 amide bonds. The molecule has 0 aliphatic heterocycles. The molecule has 0 spiro atoms. The van der Waals surface area contributed by atoms with Crippen LogP contribution in [0.3, 0.4) is 0 Å². The number of aromatic nitrogens is 2. The average molecular weight is 595 g/mol. The van der Waals surface area contributed by atoms with Crippen molar-refractivity contribution in [1.82, 2.24) is 9.66 Å². The molecule has 5 aromatic rings. The summed E-state index contributed by atoms with van der Waals surface area (Å²) in [5.74, 6) is 1.81. The van der Waals surface area contributed by atoms with Crippen LogP contribution in [0.5, 0.6) is 11.5 Å². The van der Waals surface area contributed by atoms with E-state index in [0.717, 1.165) is 5.39 Å². The van der Waals surface area contributed by atoms with Gasteiger partial charge in [0, 0.05) is 10.4 Å². The minimum atomic E-state index is -0.323. The van der Waals surface area contributed by atoms with E-state index in [0.29, 0.717) is 55.4 Å². The van der Waals surface area contributed by atoms with E-state index in [4.69, 9.17) is 30.5 Å². The lowest BCUT2D eigenvalue weighted by Gasteiger charge is -2.21. The SMILES string of the molecule is COc1cc(C=Nn2c(-c3cc4cc(Cl)ccc4o3)nc3ccccc3c2=O)cc(Br)c1OCC(C)(C)C. The highest BCUT2D eigenvalue weighted by Crippen LogP contribution is 2.37. The lowest BCUT2D eigenvalue weighted by molar-refractivity contribution is 0.190. The zero-order chi connectivity index (χ0) is 27.0. The molecule has 0 radical (unpaired) electrons. The van der Waals surface area contributed by atoms with Gasteiger partial charge in [-0.25, -0.2) is 4.98 Å². The van der Waals surface area contributed by atoms with E-state index in [1.807, 2.05) is 12.1 Å². The molecule has 0 saturated heterocycles. The van der Waals surface area contributed by atoms with Gasteiger partial charge in [0.15, 0.2) is 17.3 Å². The molecule has 38 heavy (non-hydrogen) atoms. The second-order valence-corrected chi connectivity index (χ2v) is 11.3. The zero-order valence-electron chi connectivity index (χ0n) is 21.3. The number of para-hydroxylation sites is 1. The van der Waals surface area contributed by atoms with Gasteiger partial charge in [-0.1, -0.05) is 44.5 Å². The van der Waals surface area contributed by atoms with Crippen LogP contribution >= 0.6 is 27.5 Å². The fourth-order valence-corrected chi connectivity index (χ4v) is 4.64. The van der Waals surface area contributed by atoms with Crippen molar-refractivity contribution in [2.45, 2.75) is 20.8 Å². The van der Waals surface area contributed by atoms with Gasteiger partial charge in [-0.15, -0.1) is 0 Å². The summed E-state index contributed by atoms with van der Waals surface area (Å²) >= 11 is 9.74. The summed E-state index contributed by atoms with van der Waals surface area (Å²) in [4.78, 5) is 18.2. The van der Waals surface area contributed by atoms with Crippen LogP contribution in [0.1, 0.15) is 26.3 Å². The summed E-state index contributed by atoms with van der Waals surface area (Å²) in [7, 11) is 1.58. The molecule has 7 nitrogen and oxygen atoms in total. The first-order chi connectivity index (χ1) is 18.1. The number of fused-ring (bicyclic) bond motifs is 2. The van der Waals surface area contributed by atoms with Crippen LogP contribution < -0.4 is 15.0 Å². The molecule has 2 heterocycles. The molecule has 0 bridgehead atoms. The molecular weight excluding hydrogens is 570 g/mol. The van der Waals surface area contributed by atoms with Gasteiger partial charge < -0.3 is 13.9 Å². The molecule has 0 N–H and O–H groups in total. The van der Waals surface area contributed by atoms with Gasteiger partial charge in [-0.05, 0) is 75.4 Å². The van der Waals surface area contributed by atoms with Crippen LogP contribution in [0.2, 0.25) is 5.02 Å². The first-order valence-electron chi connectivity index (χ1n) is 11.9. The number of nitrogens with zero attached hydrogens (tertiary/aromatic N) is 3. The van der Waals surface area contributed by atoms with Crippen LogP contribution in [0.15, 0.2) is 79.4 Å². The Morgan fingerprint density at radius 1 is 1.13 bits per heavy atom. The van der Waals surface area contributed by atoms with Crippen LogP contribution in [0.4, 0.5) is 0 Å². The first kappa shape index (κ1) is 26.0. The van der Waals surface area contributed by atoms with Gasteiger partial charge in [-0.2, -0.15) is 9.78 Å². The van der Waals surface area contributed by atoms with E-state index >= 15 is 0 Å². The fourth-order valence-electron chi connectivity index (χ4n) is 3.88. The third-order valence-corrected chi connectivity index (χ3v) is 6.50. The zero-order valence-corrected chi connectivity index (χ0v) is 23.6. The van der Waals surface area contributed by atoms with E-state index < -0.39 is 0 Å². The molecule has 0 atom stereocenters. The molecule has 0 unspecified atom stereocenters. The van der Waals surface area contributed by atoms with Crippen LogP contribution in [0.25, 0.3) is 33.5 Å². The van der Waals surface area contributed by atoms with Crippen molar-refractivity contribution < 1.29 is 13.9 Å². The molecule has 194 valence electrons. The summed E-state index contributed by atoms with van der Waals surface area (Å²) in [6, 6.07) is 17.9. The van der Waals surface area contributed by atoms with Gasteiger partial charge >= 0.3 is 0 Å². The van der Waals surface area contributed by atoms with Crippen LogP contribution in [0, 0.1) is 5.41 Å². The van der Waals surface area contributed by atoms with Crippen LogP contribution in [-0.2, 0) is 0 Å². The Bertz CT molecular complexity index is 1750. The van der Waals surface area contributed by atoms with Crippen molar-refractivity contribution in [2.24, 2.45) is 10.5 Å². The van der Waals surface area contributed by atoms with Crippen LogP contribution in [-0.4, -0.2) is 29.6 Å². The van der Waals surface area contributed by atoms with Crippen molar-refractivity contribution in [3.8, 4) is 23.1 Å². The van der Waals surface area contributed by atoms with Crippen molar-refractivity contribution in [3.05, 3.63) is 86.1 Å². The van der Waals surface area contributed by atoms with Gasteiger partial charge in [0.2, 0.25) is 5.82 Å². The lowest BCUT2D eigenvalue weighted by atomic mass is 9.99. The molecule has 9 heteroatoms. The number of furan rings is 1. The summed E-state index contributed by atoms with van der Waals surface area (Å²) in [5.41, 5.74) is 1.52. The number of halogens is 2. The van der Waals surface area contributed by atoms with E-state index in [9.17, 15) is 4.79 Å². The van der Waals surface area contributed by atoms with Crippen molar-refractivity contribution in [3.63, 3.8) is 0 Å². The quantitative estimate of drug-likeness (QED) is 0.190. The Labute approximate surface area is 232 Å². The Kier molecular flexibility index (Phi) is 7.03. The van der Waals surface area contributed by atoms with E-state index in [1.165, 1.54) is 4.68 Å². The number of ether oxygens (including phenoxy) is 2. The Morgan fingerprint density at radius 2 is 1.92 bits per heavy atom. The Balaban J connectivity index is 1.61. The fraction of sp³-hybridized carbons (Fsp3) is 0.207. The minimum absolute atomic E-state index is 0.0206. The highest BCUT2D eigenvalue weighted by Gasteiger charge is 2.18. The predicted molar refractivity (Wildman–Crippen MR) is 155 cm³/mol. The van der Waals surface area contributed by atoms with Crippen molar-refractivity contribution >= 4 is 55.6 Å². The molecule has 2 aromatic heterocycles. The van der Waals surface area contributed by atoms with Crippen molar-refractivity contribution in [2.75, 3.05) is 13.7 Å². The van der Waals surface area contributed by atoms with E-state index in [1.54, 1.807) is 61.9 Å². The summed E-state index contributed by atoms with van der Waals surface area (Å²) in [5, 5.41) is 6.36. The Hall–Kier alpha value is -3.62. The summed E-state index contributed by atoms with van der Waals surface area (Å²) in [6.07, 6.45) is 1.57. The van der Waals surface area contributed by atoms with Gasteiger partial charge in [0.1, 0.15) is 5.58 Å². The van der Waals surface area contributed by atoms with Gasteiger partial charge in [-0.3, -0.25) is 4.79 Å². The molecular formula is C29H25BrClN3O4. The third-order valence-electron chi connectivity index (χ3n) is 5.68. The highest BCUT2D eigenvalue weighted by molar-refractivity contribution is 9.10. The second-order valence-electron chi connectivity index (χ2n) is 9.99. The Morgan fingerprint density at radius 3 is 2.68 bits per heavy atom. The van der Waals surface area contributed by atoms with Gasteiger partial charge in [0.05, 0.1) is 35.3 Å². The first-order valence-corrected chi connectivity index (χ1v) is 13.1. The number of hydrogen-bond acceptors (Lipinski definition) is 6. The second kappa shape index (κ2) is 10.3. The maximum atomic E-state index is 13.5. The minimum Gasteiger partial charge on any atom is -0.493 e. The third kappa shape index (κ3) is 5.33. The smallest absolute Gasteiger partial charge is 0.282 e. The maximum Gasteiger partial charge on any atom is 0.282 e. The molecule has 5 rings (SSSR count). The maximum absolute atomic E-state index is 13.5. The summed E-state index contributed by atoms with van der Waals surface area (Å²) in [6.45, 7) is 6.80. The lowest BCUT2D eigenvalue weighted by Crippen LogP contribution is -2.20. The monoisotopic (exact) mass is 593 g/mol. The molecule has 0 aliphatic rings. The van der Waals surface area contributed by atoms with E-state index in [-0.39, 0.29) is 16.8 Å². The molecule has 3 aromatic carbocycles. The topological polar surface area (TPSA) is 78.9 Å². The number of benzene rings is 3. The molecule has 0 saturated carbocycles. The normalized spacial score (nSPS) is 12.1. The highest BCUT2D eigenvalue weighted by atomic mass is 79.9. The molecule has 0 aliphatic carbocycles. The number of hydrogen-bond donors (Lipinski definition) is 0. The van der Waals surface area contributed by atoms with Crippen molar-refractivity contribution in [1.29, 1.82) is 0 Å². The van der Waals surface area contributed by atoms with E-state index in [2.05, 4.69) is 41.8 Å². The van der Waals surface area contributed by atoms with Gasteiger partial charge in [0.25, 0.3) is 5.56 Å². The number of methoxy groups -OCH3 is 1. The standard InChI is InChI=1S/C29H25BrClN3O4/c1-29(2,3)16-37-26-21(30)11-17(12-24(26)36-4)15-32-34-27(33-22-8-6-5-7-20(22)28(34)35)25-14-18-13-19(31)9-10-23(18)38-25/h5-15H,16H2,1-4H3.